The predicted octanol–water partition coefficient (Wildman–Crippen LogP) is -0.153. The number of hydrogen-bond acceptors (Lipinski definition) is 6. The van der Waals surface area contributed by atoms with E-state index in [0.717, 1.165) is 23.5 Å². The van der Waals surface area contributed by atoms with Crippen molar-refractivity contribution in [1.29, 1.82) is 0 Å². The predicted molar refractivity (Wildman–Crippen MR) is 88.8 cm³/mol. The van der Waals surface area contributed by atoms with E-state index in [4.69, 9.17) is 5.73 Å². The Morgan fingerprint density at radius 2 is 1.83 bits per heavy atom. The number of rotatable bonds is 5. The zero-order valence-corrected chi connectivity index (χ0v) is 14.4. The molecule has 0 aromatic carbocycles. The Hall–Kier alpha value is -1.73. The minimum absolute atomic E-state index is 0.0595. The molecule has 1 fully saturated rings. The van der Waals surface area contributed by atoms with Gasteiger partial charge in [0.2, 0.25) is 11.9 Å². The van der Waals surface area contributed by atoms with Crippen molar-refractivity contribution < 1.29 is 9.90 Å². The quantitative estimate of drug-likeness (QED) is 0.783. The molecule has 0 aliphatic carbocycles. The molecule has 2 heterocycles. The van der Waals surface area contributed by atoms with Gasteiger partial charge in [0.25, 0.3) is 0 Å². The second-order valence-electron chi connectivity index (χ2n) is 6.67. The normalized spacial score (nSPS) is 21.2. The second-order valence-corrected chi connectivity index (χ2v) is 6.67. The monoisotopic (exact) mass is 321 g/mol. The van der Waals surface area contributed by atoms with Crippen LogP contribution in [0.25, 0.3) is 0 Å². The lowest BCUT2D eigenvalue weighted by molar-refractivity contribution is -0.129. The van der Waals surface area contributed by atoms with Crippen molar-refractivity contribution in [2.45, 2.75) is 20.3 Å². The summed E-state index contributed by atoms with van der Waals surface area (Å²) < 4.78 is 0. The van der Waals surface area contributed by atoms with E-state index >= 15 is 0 Å². The molecule has 23 heavy (non-hydrogen) atoms. The number of anilines is 1. The largest absolute Gasteiger partial charge is 0.396 e. The molecule has 1 amide bonds. The molecular formula is C16H27N5O2. The van der Waals surface area contributed by atoms with Gasteiger partial charge in [0.05, 0.1) is 6.42 Å². The summed E-state index contributed by atoms with van der Waals surface area (Å²) in [6.45, 7) is 5.99. The van der Waals surface area contributed by atoms with Crippen LogP contribution < -0.4 is 5.73 Å². The molecule has 0 spiro atoms. The molecule has 0 bridgehead atoms. The first kappa shape index (κ1) is 17.6. The molecule has 7 heteroatoms. The van der Waals surface area contributed by atoms with Crippen LogP contribution in [-0.2, 0) is 11.2 Å². The van der Waals surface area contributed by atoms with E-state index in [1.807, 2.05) is 32.8 Å². The zero-order chi connectivity index (χ0) is 17.1. The van der Waals surface area contributed by atoms with Crippen LogP contribution in [0, 0.1) is 25.7 Å². The van der Waals surface area contributed by atoms with Gasteiger partial charge in [-0.15, -0.1) is 0 Å². The lowest BCUT2D eigenvalue weighted by atomic mass is 9.97. The van der Waals surface area contributed by atoms with Crippen LogP contribution in [0.4, 0.5) is 5.95 Å². The van der Waals surface area contributed by atoms with Gasteiger partial charge in [-0.1, -0.05) is 0 Å². The molecule has 128 valence electrons. The highest BCUT2D eigenvalue weighted by molar-refractivity contribution is 5.79. The number of aromatic nitrogens is 2. The Bertz CT molecular complexity index is 553. The number of carbonyl (C=O) groups is 1. The van der Waals surface area contributed by atoms with Crippen LogP contribution in [0.3, 0.4) is 0 Å². The highest BCUT2D eigenvalue weighted by atomic mass is 16.3. The van der Waals surface area contributed by atoms with E-state index in [2.05, 4.69) is 14.9 Å². The van der Waals surface area contributed by atoms with Gasteiger partial charge in [-0.05, 0) is 33.9 Å². The number of hydrogen-bond donors (Lipinski definition) is 2. The smallest absolute Gasteiger partial charge is 0.227 e. The zero-order valence-electron chi connectivity index (χ0n) is 14.4. The van der Waals surface area contributed by atoms with E-state index < -0.39 is 0 Å². The molecule has 1 aliphatic rings. The first-order chi connectivity index (χ1) is 10.8. The third-order valence-corrected chi connectivity index (χ3v) is 4.53. The SMILES string of the molecule is Cc1nc(N)nc(C)c1CC(=O)N1C[C@@H](CN(C)C)[C@@H](CO)C1. The van der Waals surface area contributed by atoms with Crippen LogP contribution in [0.2, 0.25) is 0 Å². The molecule has 1 aromatic heterocycles. The van der Waals surface area contributed by atoms with Crippen molar-refractivity contribution in [2.24, 2.45) is 11.8 Å². The number of aliphatic hydroxyl groups excluding tert-OH is 1. The summed E-state index contributed by atoms with van der Waals surface area (Å²) in [6.07, 6.45) is 0.283. The van der Waals surface area contributed by atoms with Crippen LogP contribution in [0.15, 0.2) is 0 Å². The molecule has 0 radical (unpaired) electrons. The molecule has 7 nitrogen and oxygen atoms in total. The maximum Gasteiger partial charge on any atom is 0.227 e. The van der Waals surface area contributed by atoms with Gasteiger partial charge in [0.15, 0.2) is 0 Å². The molecule has 2 atom stereocenters. The van der Waals surface area contributed by atoms with Gasteiger partial charge in [0, 0.05) is 49.1 Å². The number of carbonyl (C=O) groups excluding carboxylic acids is 1. The van der Waals surface area contributed by atoms with Gasteiger partial charge >= 0.3 is 0 Å². The van der Waals surface area contributed by atoms with Crippen molar-refractivity contribution in [2.75, 3.05) is 46.1 Å². The maximum absolute atomic E-state index is 12.6. The van der Waals surface area contributed by atoms with E-state index in [0.29, 0.717) is 19.0 Å². The van der Waals surface area contributed by atoms with Gasteiger partial charge in [-0.2, -0.15) is 0 Å². The number of aryl methyl sites for hydroxylation is 2. The topological polar surface area (TPSA) is 95.6 Å². The summed E-state index contributed by atoms with van der Waals surface area (Å²) in [5.74, 6) is 0.753. The lowest BCUT2D eigenvalue weighted by Crippen LogP contribution is -2.32. The Labute approximate surface area is 137 Å². The number of likely N-dealkylation sites (tertiary alicyclic amines) is 1. The van der Waals surface area contributed by atoms with E-state index in [9.17, 15) is 9.90 Å². The third-order valence-electron chi connectivity index (χ3n) is 4.53. The summed E-state index contributed by atoms with van der Waals surface area (Å²) in [4.78, 5) is 24.9. The maximum atomic E-state index is 12.6. The number of aliphatic hydroxyl groups is 1. The average Bonchev–Trinajstić information content (AvgIpc) is 2.84. The minimum atomic E-state index is 0.0595. The molecule has 0 saturated carbocycles. The fraction of sp³-hybridized carbons (Fsp3) is 0.688. The Balaban J connectivity index is 2.07. The molecule has 2 rings (SSSR count). The number of nitrogen functional groups attached to an aromatic ring is 1. The van der Waals surface area contributed by atoms with Gasteiger partial charge in [-0.3, -0.25) is 4.79 Å². The van der Waals surface area contributed by atoms with Crippen molar-refractivity contribution in [3.63, 3.8) is 0 Å². The Morgan fingerprint density at radius 1 is 1.26 bits per heavy atom. The fourth-order valence-electron chi connectivity index (χ4n) is 3.31. The highest BCUT2D eigenvalue weighted by Crippen LogP contribution is 2.25. The first-order valence-corrected chi connectivity index (χ1v) is 7.94. The average molecular weight is 321 g/mol. The molecule has 1 aromatic rings. The van der Waals surface area contributed by atoms with Crippen molar-refractivity contribution in [3.05, 3.63) is 17.0 Å². The lowest BCUT2D eigenvalue weighted by Gasteiger charge is -2.20. The van der Waals surface area contributed by atoms with Crippen molar-refractivity contribution in [3.8, 4) is 0 Å². The highest BCUT2D eigenvalue weighted by Gasteiger charge is 2.35. The number of nitrogens with two attached hydrogens (primary N) is 1. The molecule has 1 aliphatic heterocycles. The van der Waals surface area contributed by atoms with Crippen molar-refractivity contribution >= 4 is 11.9 Å². The first-order valence-electron chi connectivity index (χ1n) is 7.94. The number of nitrogens with zero attached hydrogens (tertiary/aromatic N) is 4. The minimum Gasteiger partial charge on any atom is -0.396 e. The van der Waals surface area contributed by atoms with Crippen LogP contribution >= 0.6 is 0 Å². The van der Waals surface area contributed by atoms with Crippen LogP contribution in [0.5, 0.6) is 0 Å². The summed E-state index contributed by atoms with van der Waals surface area (Å²) in [5.41, 5.74) is 7.99. The van der Waals surface area contributed by atoms with Crippen molar-refractivity contribution in [1.82, 2.24) is 19.8 Å². The number of amides is 1. The standard InChI is InChI=1S/C16H27N5O2/c1-10-14(11(2)19-16(17)18-10)5-15(23)21-7-12(6-20(3)4)13(8-21)9-22/h12-13,22H,5-9H2,1-4H3,(H2,17,18,19)/t12-,13-/m1/s1. The van der Waals surface area contributed by atoms with E-state index in [1.165, 1.54) is 0 Å². The summed E-state index contributed by atoms with van der Waals surface area (Å²) in [7, 11) is 4.02. The Kier molecular flexibility index (Phi) is 5.54. The molecule has 3 N–H and O–H groups in total. The second kappa shape index (κ2) is 7.23. The van der Waals surface area contributed by atoms with Gasteiger partial charge in [0.1, 0.15) is 0 Å². The Morgan fingerprint density at radius 3 is 2.35 bits per heavy atom. The fourth-order valence-corrected chi connectivity index (χ4v) is 3.31. The van der Waals surface area contributed by atoms with E-state index in [1.54, 1.807) is 0 Å². The third kappa shape index (κ3) is 4.17. The molecule has 0 unspecified atom stereocenters. The summed E-state index contributed by atoms with van der Waals surface area (Å²) in [6, 6.07) is 0. The molecule has 1 saturated heterocycles. The van der Waals surface area contributed by atoms with Gasteiger partial charge in [-0.25, -0.2) is 9.97 Å². The summed E-state index contributed by atoms with van der Waals surface area (Å²) in [5, 5.41) is 9.57. The molecular weight excluding hydrogens is 294 g/mol. The van der Waals surface area contributed by atoms with Crippen LogP contribution in [-0.4, -0.2) is 71.1 Å². The van der Waals surface area contributed by atoms with Gasteiger partial charge < -0.3 is 20.6 Å². The summed E-state index contributed by atoms with van der Waals surface area (Å²) >= 11 is 0. The van der Waals surface area contributed by atoms with Crippen LogP contribution in [0.1, 0.15) is 17.0 Å². The van der Waals surface area contributed by atoms with E-state index in [-0.39, 0.29) is 30.8 Å².